The summed E-state index contributed by atoms with van der Waals surface area (Å²) in [6, 6.07) is 3.80. The maximum absolute atomic E-state index is 13.4. The molecule has 0 aromatic heterocycles. The minimum atomic E-state index is -0.859. The van der Waals surface area contributed by atoms with Gasteiger partial charge in [0.15, 0.2) is 5.84 Å². The predicted octanol–water partition coefficient (Wildman–Crippen LogP) is 2.27. The van der Waals surface area contributed by atoms with Crippen LogP contribution in [0.4, 0.5) is 4.39 Å². The van der Waals surface area contributed by atoms with Gasteiger partial charge in [0, 0.05) is 5.56 Å². The van der Waals surface area contributed by atoms with Gasteiger partial charge in [0.1, 0.15) is 11.4 Å². The number of benzene rings is 1. The third kappa shape index (κ3) is 2.70. The zero-order chi connectivity index (χ0) is 14.8. The lowest BCUT2D eigenvalue weighted by Gasteiger charge is -2.28. The van der Waals surface area contributed by atoms with Crippen LogP contribution in [-0.4, -0.2) is 22.5 Å². The molecule has 0 bridgehead atoms. The highest BCUT2D eigenvalue weighted by atomic mass is 35.5. The van der Waals surface area contributed by atoms with E-state index in [0.717, 1.165) is 18.9 Å². The van der Waals surface area contributed by atoms with Crippen LogP contribution >= 0.6 is 11.6 Å². The van der Waals surface area contributed by atoms with Crippen LogP contribution < -0.4 is 11.1 Å². The monoisotopic (exact) mass is 299 g/mol. The van der Waals surface area contributed by atoms with E-state index >= 15 is 0 Å². The third-order valence-electron chi connectivity index (χ3n) is 3.59. The van der Waals surface area contributed by atoms with E-state index in [9.17, 15) is 9.18 Å². The van der Waals surface area contributed by atoms with E-state index < -0.39 is 17.3 Å². The number of hydrogen-bond donors (Lipinski definition) is 3. The van der Waals surface area contributed by atoms with Gasteiger partial charge in [-0.1, -0.05) is 29.6 Å². The van der Waals surface area contributed by atoms with Crippen LogP contribution in [0.25, 0.3) is 0 Å². The van der Waals surface area contributed by atoms with Crippen molar-refractivity contribution in [2.24, 2.45) is 10.9 Å². The minimum Gasteiger partial charge on any atom is -0.409 e. The first-order valence-corrected chi connectivity index (χ1v) is 6.62. The number of rotatable bonds is 3. The normalized spacial score (nSPS) is 18.0. The van der Waals surface area contributed by atoms with Gasteiger partial charge < -0.3 is 16.3 Å². The number of oxime groups is 1. The number of amides is 1. The molecule has 4 N–H and O–H groups in total. The second-order valence-electron chi connectivity index (χ2n) is 4.86. The molecule has 0 saturated heterocycles. The summed E-state index contributed by atoms with van der Waals surface area (Å²) in [5.74, 6) is -1.17. The summed E-state index contributed by atoms with van der Waals surface area (Å²) in [5.41, 5.74) is 4.97. The number of nitrogens with one attached hydrogen (secondary N) is 1. The van der Waals surface area contributed by atoms with Crippen molar-refractivity contribution in [2.45, 2.75) is 31.2 Å². The summed E-state index contributed by atoms with van der Waals surface area (Å²) in [5, 5.41) is 14.6. The molecule has 0 heterocycles. The molecule has 2 rings (SSSR count). The molecule has 1 aliphatic rings. The van der Waals surface area contributed by atoms with Gasteiger partial charge in [-0.15, -0.1) is 0 Å². The Hall–Kier alpha value is -1.82. The maximum Gasteiger partial charge on any atom is 0.252 e. The summed E-state index contributed by atoms with van der Waals surface area (Å²) in [4.78, 5) is 12.2. The maximum atomic E-state index is 13.4. The highest BCUT2D eigenvalue weighted by Gasteiger charge is 2.40. The summed E-state index contributed by atoms with van der Waals surface area (Å²) in [7, 11) is 0. The van der Waals surface area contributed by atoms with Gasteiger partial charge in [0.2, 0.25) is 0 Å². The van der Waals surface area contributed by atoms with E-state index in [4.69, 9.17) is 22.5 Å². The van der Waals surface area contributed by atoms with Gasteiger partial charge in [0.05, 0.1) is 5.02 Å². The number of amidine groups is 1. The SMILES string of the molecule is N/C(=N/O)C1(NC(=O)c2ccc(Cl)c(F)c2)CCCC1. The lowest BCUT2D eigenvalue weighted by Crippen LogP contribution is -2.55. The van der Waals surface area contributed by atoms with Crippen molar-refractivity contribution in [1.29, 1.82) is 0 Å². The van der Waals surface area contributed by atoms with Crippen molar-refractivity contribution in [3.63, 3.8) is 0 Å². The van der Waals surface area contributed by atoms with Gasteiger partial charge in [-0.05, 0) is 31.0 Å². The van der Waals surface area contributed by atoms with Crippen molar-refractivity contribution in [3.8, 4) is 0 Å². The fourth-order valence-corrected chi connectivity index (χ4v) is 2.56. The molecule has 0 radical (unpaired) electrons. The van der Waals surface area contributed by atoms with E-state index in [2.05, 4.69) is 10.5 Å². The highest BCUT2D eigenvalue weighted by Crippen LogP contribution is 2.30. The van der Waals surface area contributed by atoms with E-state index in [1.165, 1.54) is 12.1 Å². The van der Waals surface area contributed by atoms with E-state index in [1.54, 1.807) is 0 Å². The Balaban J connectivity index is 2.23. The van der Waals surface area contributed by atoms with Gasteiger partial charge in [-0.25, -0.2) is 4.39 Å². The molecule has 1 amide bonds. The Morgan fingerprint density at radius 1 is 1.45 bits per heavy atom. The van der Waals surface area contributed by atoms with Crippen LogP contribution in [0, 0.1) is 5.82 Å². The Kier molecular flexibility index (Phi) is 4.13. The number of nitrogens with two attached hydrogens (primary N) is 1. The van der Waals surface area contributed by atoms with Crippen LogP contribution in [-0.2, 0) is 0 Å². The zero-order valence-corrected chi connectivity index (χ0v) is 11.5. The average Bonchev–Trinajstić information content (AvgIpc) is 2.90. The van der Waals surface area contributed by atoms with Crippen molar-refractivity contribution in [3.05, 3.63) is 34.6 Å². The third-order valence-corrected chi connectivity index (χ3v) is 3.90. The smallest absolute Gasteiger partial charge is 0.252 e. The predicted molar refractivity (Wildman–Crippen MR) is 73.5 cm³/mol. The molecule has 20 heavy (non-hydrogen) atoms. The van der Waals surface area contributed by atoms with Crippen LogP contribution in [0.3, 0.4) is 0 Å². The minimum absolute atomic E-state index is 0.0298. The number of carbonyl (C=O) groups excluding carboxylic acids is 1. The van der Waals surface area contributed by atoms with Gasteiger partial charge in [-0.2, -0.15) is 0 Å². The van der Waals surface area contributed by atoms with Crippen LogP contribution in [0.1, 0.15) is 36.0 Å². The first kappa shape index (κ1) is 14.6. The molecule has 1 saturated carbocycles. The molecule has 108 valence electrons. The van der Waals surface area contributed by atoms with E-state index in [-0.39, 0.29) is 16.4 Å². The summed E-state index contributed by atoms with van der Waals surface area (Å²) >= 11 is 5.58. The van der Waals surface area contributed by atoms with Gasteiger partial charge in [0.25, 0.3) is 5.91 Å². The molecular formula is C13H15ClFN3O2. The Labute approximate surface area is 120 Å². The summed E-state index contributed by atoms with van der Waals surface area (Å²) < 4.78 is 13.4. The molecule has 1 aromatic carbocycles. The topological polar surface area (TPSA) is 87.7 Å². The Morgan fingerprint density at radius 3 is 2.65 bits per heavy atom. The second-order valence-corrected chi connectivity index (χ2v) is 5.26. The van der Waals surface area contributed by atoms with Crippen LogP contribution in [0.5, 0.6) is 0 Å². The van der Waals surface area contributed by atoms with E-state index in [1.807, 2.05) is 0 Å². The molecule has 0 spiro atoms. The summed E-state index contributed by atoms with van der Waals surface area (Å²) in [6.07, 6.45) is 2.91. The molecular weight excluding hydrogens is 285 g/mol. The number of halogens is 2. The van der Waals surface area contributed by atoms with E-state index in [0.29, 0.717) is 12.8 Å². The van der Waals surface area contributed by atoms with Crippen molar-refractivity contribution < 1.29 is 14.4 Å². The highest BCUT2D eigenvalue weighted by molar-refractivity contribution is 6.30. The van der Waals surface area contributed by atoms with Crippen molar-refractivity contribution >= 4 is 23.3 Å². The van der Waals surface area contributed by atoms with Crippen molar-refractivity contribution in [1.82, 2.24) is 5.32 Å². The molecule has 1 aromatic rings. The average molecular weight is 300 g/mol. The lowest BCUT2D eigenvalue weighted by molar-refractivity contribution is 0.0922. The first-order chi connectivity index (χ1) is 9.48. The zero-order valence-electron chi connectivity index (χ0n) is 10.7. The molecule has 7 heteroatoms. The number of hydrogen-bond acceptors (Lipinski definition) is 3. The van der Waals surface area contributed by atoms with Crippen LogP contribution in [0.15, 0.2) is 23.4 Å². The molecule has 1 fully saturated rings. The number of nitrogens with zero attached hydrogens (tertiary/aromatic N) is 1. The Bertz CT molecular complexity index is 557. The lowest BCUT2D eigenvalue weighted by atomic mass is 9.95. The van der Waals surface area contributed by atoms with Crippen molar-refractivity contribution in [2.75, 3.05) is 0 Å². The fourth-order valence-electron chi connectivity index (χ4n) is 2.45. The Morgan fingerprint density at radius 2 is 2.10 bits per heavy atom. The fraction of sp³-hybridized carbons (Fsp3) is 0.385. The van der Waals surface area contributed by atoms with Gasteiger partial charge in [-0.3, -0.25) is 4.79 Å². The summed E-state index contributed by atoms with van der Waals surface area (Å²) in [6.45, 7) is 0. The van der Waals surface area contributed by atoms with Crippen LogP contribution in [0.2, 0.25) is 5.02 Å². The first-order valence-electron chi connectivity index (χ1n) is 6.24. The molecule has 0 aliphatic heterocycles. The number of carbonyl (C=O) groups is 1. The molecule has 0 unspecified atom stereocenters. The molecule has 0 atom stereocenters. The molecule has 1 aliphatic carbocycles. The second kappa shape index (κ2) is 5.66. The molecule has 5 nitrogen and oxygen atoms in total. The quantitative estimate of drug-likeness (QED) is 0.346. The largest absolute Gasteiger partial charge is 0.409 e. The van der Waals surface area contributed by atoms with Gasteiger partial charge >= 0.3 is 0 Å². The standard InChI is InChI=1S/C13H15ClFN3O2/c14-9-4-3-8(7-10(9)15)11(19)17-13(12(16)18-20)5-1-2-6-13/h3-4,7,20H,1-2,5-6H2,(H2,16,18)(H,17,19).